The molecule has 1 amide bonds. The summed E-state index contributed by atoms with van der Waals surface area (Å²) in [4.78, 5) is 32.4. The fourth-order valence-corrected chi connectivity index (χ4v) is 3.44. The number of nitriles is 1. The molecule has 11 heteroatoms. The van der Waals surface area contributed by atoms with Gasteiger partial charge in [0, 0.05) is 12.6 Å². The molecule has 1 atom stereocenters. The van der Waals surface area contributed by atoms with Crippen LogP contribution < -0.4 is 5.32 Å². The average molecular weight is 466 g/mol. The van der Waals surface area contributed by atoms with Crippen LogP contribution in [0.2, 0.25) is 0 Å². The van der Waals surface area contributed by atoms with Gasteiger partial charge < -0.3 is 10.1 Å². The third-order valence-electron chi connectivity index (χ3n) is 5.65. The van der Waals surface area contributed by atoms with Gasteiger partial charge in [0.25, 0.3) is 0 Å². The number of amides is 1. The minimum absolute atomic E-state index is 0.165. The summed E-state index contributed by atoms with van der Waals surface area (Å²) in [6.45, 7) is 1.42. The van der Waals surface area contributed by atoms with Crippen LogP contribution in [0.1, 0.15) is 37.1 Å². The molecule has 0 aliphatic heterocycles. The molecule has 4 rings (SSSR count). The Morgan fingerprint density at radius 2 is 2.03 bits per heavy atom. The van der Waals surface area contributed by atoms with Crippen molar-refractivity contribution in [2.45, 2.75) is 32.3 Å². The Morgan fingerprint density at radius 1 is 1.26 bits per heavy atom. The molecule has 0 spiro atoms. The lowest BCUT2D eigenvalue weighted by molar-refractivity contribution is -0.148. The smallest absolute Gasteiger partial charge is 0.312 e. The highest BCUT2D eigenvalue weighted by atomic mass is 19.1. The van der Waals surface area contributed by atoms with Crippen molar-refractivity contribution in [1.82, 2.24) is 19.7 Å². The number of esters is 1. The van der Waals surface area contributed by atoms with Gasteiger partial charge in [-0.1, -0.05) is 0 Å². The van der Waals surface area contributed by atoms with Crippen LogP contribution in [-0.2, 0) is 27.8 Å². The van der Waals surface area contributed by atoms with Gasteiger partial charge in [-0.25, -0.2) is 9.37 Å². The number of anilines is 1. The van der Waals surface area contributed by atoms with Crippen LogP contribution in [0.25, 0.3) is 11.3 Å². The van der Waals surface area contributed by atoms with E-state index in [2.05, 4.69) is 20.4 Å². The number of carbonyl (C=O) groups excluding carboxylic acids is 2. The lowest BCUT2D eigenvalue weighted by Gasteiger charge is -2.14. The van der Waals surface area contributed by atoms with Crippen LogP contribution in [0.4, 0.5) is 14.5 Å². The minimum atomic E-state index is -1.04. The van der Waals surface area contributed by atoms with E-state index in [0.717, 1.165) is 12.3 Å². The van der Waals surface area contributed by atoms with Crippen molar-refractivity contribution >= 4 is 17.6 Å². The van der Waals surface area contributed by atoms with E-state index < -0.39 is 29.3 Å². The summed E-state index contributed by atoms with van der Waals surface area (Å²) < 4.78 is 34.0. The molecule has 34 heavy (non-hydrogen) atoms. The third kappa shape index (κ3) is 4.61. The maximum Gasteiger partial charge on any atom is 0.312 e. The van der Waals surface area contributed by atoms with E-state index in [-0.39, 0.29) is 17.9 Å². The molecule has 0 bridgehead atoms. The first kappa shape index (κ1) is 23.0. The summed E-state index contributed by atoms with van der Waals surface area (Å²) in [5, 5.41) is 16.0. The number of pyridine rings is 2. The zero-order chi connectivity index (χ0) is 24.5. The van der Waals surface area contributed by atoms with E-state index in [1.54, 1.807) is 19.2 Å². The van der Waals surface area contributed by atoms with E-state index >= 15 is 0 Å². The Hall–Kier alpha value is -4.20. The number of nitrogens with one attached hydrogen (secondary N) is 1. The topological polar surface area (TPSA) is 123 Å². The molecule has 9 nitrogen and oxygen atoms in total. The summed E-state index contributed by atoms with van der Waals surface area (Å²) in [5.74, 6) is -2.68. The second kappa shape index (κ2) is 8.97. The van der Waals surface area contributed by atoms with E-state index in [1.807, 2.05) is 6.07 Å². The molecule has 0 radical (unpaired) electrons. The van der Waals surface area contributed by atoms with Crippen LogP contribution >= 0.6 is 0 Å². The minimum Gasteiger partial charge on any atom is -0.457 e. The first-order valence-corrected chi connectivity index (χ1v) is 10.4. The van der Waals surface area contributed by atoms with Crippen molar-refractivity contribution < 1.29 is 23.1 Å². The standard InChI is InChI=1S/C23H20F2N6O3/c1-13(16-7-14(24)9-28-21(16)25)34-20(32)8-19-17(11-29-31(19)2)18-4-3-15(10-27-18)30-22(33)23(12-26)5-6-23/h3-4,7,9-11,13H,5-6,8H2,1-2H3,(H,30,33)/t13-/m1/s1. The van der Waals surface area contributed by atoms with Crippen molar-refractivity contribution in [3.63, 3.8) is 0 Å². The second-order valence-electron chi connectivity index (χ2n) is 8.05. The molecular weight excluding hydrogens is 446 g/mol. The highest BCUT2D eigenvalue weighted by molar-refractivity contribution is 5.99. The number of aryl methyl sites for hydroxylation is 1. The lowest BCUT2D eigenvalue weighted by Crippen LogP contribution is -2.22. The predicted octanol–water partition coefficient (Wildman–Crippen LogP) is 3.24. The number of aromatic nitrogens is 4. The molecule has 3 heterocycles. The van der Waals surface area contributed by atoms with E-state index in [0.29, 0.717) is 35.5 Å². The van der Waals surface area contributed by atoms with Gasteiger partial charge in [-0.15, -0.1) is 0 Å². The van der Waals surface area contributed by atoms with Crippen LogP contribution in [0, 0.1) is 28.5 Å². The van der Waals surface area contributed by atoms with Crippen molar-refractivity contribution in [3.8, 4) is 17.3 Å². The number of nitrogens with zero attached hydrogens (tertiary/aromatic N) is 5. The Balaban J connectivity index is 1.46. The number of rotatable bonds is 7. The molecular formula is C23H20F2N6O3. The zero-order valence-corrected chi connectivity index (χ0v) is 18.4. The Morgan fingerprint density at radius 3 is 2.68 bits per heavy atom. The molecule has 0 saturated heterocycles. The summed E-state index contributed by atoms with van der Waals surface area (Å²) in [5.41, 5.74) is 0.905. The summed E-state index contributed by atoms with van der Waals surface area (Å²) in [7, 11) is 1.65. The molecule has 174 valence electrons. The molecule has 3 aromatic rings. The predicted molar refractivity (Wildman–Crippen MR) is 115 cm³/mol. The van der Waals surface area contributed by atoms with Gasteiger partial charge in [0.05, 0.1) is 53.7 Å². The van der Waals surface area contributed by atoms with Gasteiger partial charge >= 0.3 is 5.97 Å². The lowest BCUT2D eigenvalue weighted by atomic mass is 10.1. The molecule has 1 fully saturated rings. The SMILES string of the molecule is C[C@@H](OC(=O)Cc1c(-c2ccc(NC(=O)C3(C#N)CC3)cn2)cnn1C)c1cc(F)cnc1F. The van der Waals surface area contributed by atoms with Crippen LogP contribution in [0.5, 0.6) is 0 Å². The van der Waals surface area contributed by atoms with Gasteiger partial charge in [0.1, 0.15) is 17.3 Å². The van der Waals surface area contributed by atoms with Gasteiger partial charge in [-0.2, -0.15) is 14.8 Å². The Kier molecular flexibility index (Phi) is 6.06. The summed E-state index contributed by atoms with van der Waals surface area (Å²) in [6, 6.07) is 6.27. The normalized spacial score (nSPS) is 14.7. The van der Waals surface area contributed by atoms with Crippen LogP contribution in [-0.4, -0.2) is 31.6 Å². The Bertz CT molecular complexity index is 1300. The molecule has 1 aliphatic rings. The van der Waals surface area contributed by atoms with Crippen molar-refractivity contribution in [2.24, 2.45) is 12.5 Å². The van der Waals surface area contributed by atoms with E-state index in [1.165, 1.54) is 24.0 Å². The number of hydrogen-bond donors (Lipinski definition) is 1. The van der Waals surface area contributed by atoms with E-state index in [4.69, 9.17) is 10.00 Å². The molecule has 1 aliphatic carbocycles. The number of halogens is 2. The molecule has 3 aromatic heterocycles. The highest BCUT2D eigenvalue weighted by Gasteiger charge is 2.50. The quantitative estimate of drug-likeness (QED) is 0.419. The molecule has 1 N–H and O–H groups in total. The van der Waals surface area contributed by atoms with Crippen molar-refractivity contribution in [1.29, 1.82) is 5.26 Å². The molecule has 0 aromatic carbocycles. The first-order valence-electron chi connectivity index (χ1n) is 10.4. The first-order chi connectivity index (χ1) is 16.2. The van der Waals surface area contributed by atoms with Gasteiger partial charge in [0.2, 0.25) is 11.9 Å². The summed E-state index contributed by atoms with van der Waals surface area (Å²) in [6.07, 6.45) is 3.58. The highest BCUT2D eigenvalue weighted by Crippen LogP contribution is 2.45. The zero-order valence-electron chi connectivity index (χ0n) is 18.4. The number of carbonyl (C=O) groups is 2. The molecule has 0 unspecified atom stereocenters. The maximum absolute atomic E-state index is 13.9. The largest absolute Gasteiger partial charge is 0.457 e. The fourth-order valence-electron chi connectivity index (χ4n) is 3.44. The van der Waals surface area contributed by atoms with Gasteiger partial charge in [0.15, 0.2) is 0 Å². The maximum atomic E-state index is 13.9. The Labute approximate surface area is 193 Å². The number of ether oxygens (including phenoxy) is 1. The van der Waals surface area contributed by atoms with E-state index in [9.17, 15) is 18.4 Å². The average Bonchev–Trinajstić information content (AvgIpc) is 3.54. The monoisotopic (exact) mass is 466 g/mol. The second-order valence-corrected chi connectivity index (χ2v) is 8.05. The van der Waals surface area contributed by atoms with Gasteiger partial charge in [-0.3, -0.25) is 19.3 Å². The third-order valence-corrected chi connectivity index (χ3v) is 5.65. The molecule has 1 saturated carbocycles. The van der Waals surface area contributed by atoms with Crippen molar-refractivity contribution in [2.75, 3.05) is 5.32 Å². The summed E-state index contributed by atoms with van der Waals surface area (Å²) >= 11 is 0. The van der Waals surface area contributed by atoms with Crippen LogP contribution in [0.15, 0.2) is 36.8 Å². The van der Waals surface area contributed by atoms with Gasteiger partial charge in [-0.05, 0) is 38.0 Å². The van der Waals surface area contributed by atoms with Crippen LogP contribution in [0.3, 0.4) is 0 Å². The number of hydrogen-bond acceptors (Lipinski definition) is 7. The fraction of sp³-hybridized carbons (Fsp3) is 0.304. The van der Waals surface area contributed by atoms with Crippen molar-refractivity contribution in [3.05, 3.63) is 59.8 Å².